The summed E-state index contributed by atoms with van der Waals surface area (Å²) in [5.74, 6) is -1.30. The van der Waals surface area contributed by atoms with Crippen LogP contribution < -0.4 is 0 Å². The number of rotatable bonds is 7. The summed E-state index contributed by atoms with van der Waals surface area (Å²) < 4.78 is 19.1. The summed E-state index contributed by atoms with van der Waals surface area (Å²) in [6, 6.07) is 0. The smallest absolute Gasteiger partial charge is 0.336 e. The van der Waals surface area contributed by atoms with Crippen LogP contribution in [0, 0.1) is 0 Å². The Morgan fingerprint density at radius 3 is 2.00 bits per heavy atom. The second-order valence-electron chi connectivity index (χ2n) is 3.28. The molecule has 17 heavy (non-hydrogen) atoms. The zero-order valence-electron chi connectivity index (χ0n) is 10.5. The van der Waals surface area contributed by atoms with Crippen LogP contribution in [0.2, 0.25) is 0 Å². The Morgan fingerprint density at radius 2 is 1.53 bits per heavy atom. The number of methoxy groups -OCH3 is 2. The standard InChI is InChI=1S/C11H18O6/c1-7(11(13)17-9(3)15-5)6-10(12)16-8(2)14-4/h8-9H,1,6H2,2-5H3. The van der Waals surface area contributed by atoms with E-state index in [1.807, 2.05) is 0 Å². The first kappa shape index (κ1) is 15.6. The summed E-state index contributed by atoms with van der Waals surface area (Å²) in [4.78, 5) is 22.6. The monoisotopic (exact) mass is 246 g/mol. The predicted molar refractivity (Wildman–Crippen MR) is 58.9 cm³/mol. The largest absolute Gasteiger partial charge is 0.436 e. The van der Waals surface area contributed by atoms with Gasteiger partial charge in [-0.2, -0.15) is 0 Å². The fourth-order valence-electron chi connectivity index (χ4n) is 0.803. The van der Waals surface area contributed by atoms with Gasteiger partial charge in [-0.25, -0.2) is 4.79 Å². The summed E-state index contributed by atoms with van der Waals surface area (Å²) in [7, 11) is 2.80. The maximum Gasteiger partial charge on any atom is 0.336 e. The fourth-order valence-corrected chi connectivity index (χ4v) is 0.803. The van der Waals surface area contributed by atoms with E-state index in [0.29, 0.717) is 0 Å². The first-order valence-electron chi connectivity index (χ1n) is 5.04. The molecule has 0 saturated carbocycles. The molecule has 0 aliphatic carbocycles. The molecule has 0 aromatic heterocycles. The molecule has 2 atom stereocenters. The highest BCUT2D eigenvalue weighted by molar-refractivity contribution is 5.93. The highest BCUT2D eigenvalue weighted by atomic mass is 16.7. The Balaban J connectivity index is 4.08. The van der Waals surface area contributed by atoms with Crippen LogP contribution in [0.1, 0.15) is 20.3 Å². The van der Waals surface area contributed by atoms with Crippen LogP contribution in [-0.4, -0.2) is 38.7 Å². The van der Waals surface area contributed by atoms with Crippen molar-refractivity contribution < 1.29 is 28.5 Å². The fraction of sp³-hybridized carbons (Fsp3) is 0.636. The van der Waals surface area contributed by atoms with Gasteiger partial charge < -0.3 is 18.9 Å². The average molecular weight is 246 g/mol. The van der Waals surface area contributed by atoms with Gasteiger partial charge in [-0.3, -0.25) is 4.79 Å². The molecule has 0 heterocycles. The molecule has 0 saturated heterocycles. The molecular weight excluding hydrogens is 228 g/mol. The van der Waals surface area contributed by atoms with Crippen molar-refractivity contribution in [2.45, 2.75) is 32.8 Å². The SMILES string of the molecule is C=C(CC(=O)OC(C)OC)C(=O)OC(C)OC. The van der Waals surface area contributed by atoms with Crippen molar-refractivity contribution in [2.24, 2.45) is 0 Å². The highest BCUT2D eigenvalue weighted by Gasteiger charge is 2.17. The molecule has 98 valence electrons. The Bertz CT molecular complexity index is 286. The van der Waals surface area contributed by atoms with E-state index in [1.165, 1.54) is 14.2 Å². The third kappa shape index (κ3) is 6.70. The highest BCUT2D eigenvalue weighted by Crippen LogP contribution is 2.07. The number of carbonyl (C=O) groups is 2. The van der Waals surface area contributed by atoms with Gasteiger partial charge in [0.05, 0.1) is 6.42 Å². The van der Waals surface area contributed by atoms with Gasteiger partial charge in [0.2, 0.25) is 0 Å². The van der Waals surface area contributed by atoms with E-state index < -0.39 is 24.5 Å². The second kappa shape index (κ2) is 7.81. The maximum absolute atomic E-state index is 11.4. The first-order chi connectivity index (χ1) is 7.90. The van der Waals surface area contributed by atoms with E-state index in [0.717, 1.165) is 0 Å². The maximum atomic E-state index is 11.4. The van der Waals surface area contributed by atoms with E-state index >= 15 is 0 Å². The van der Waals surface area contributed by atoms with Crippen LogP contribution in [0.5, 0.6) is 0 Å². The lowest BCUT2D eigenvalue weighted by molar-refractivity contribution is -0.172. The summed E-state index contributed by atoms with van der Waals surface area (Å²) in [6.45, 7) is 6.56. The minimum Gasteiger partial charge on any atom is -0.436 e. The van der Waals surface area contributed by atoms with Crippen molar-refractivity contribution in [3.63, 3.8) is 0 Å². The van der Waals surface area contributed by atoms with Crippen LogP contribution in [0.3, 0.4) is 0 Å². The van der Waals surface area contributed by atoms with Gasteiger partial charge in [-0.1, -0.05) is 6.58 Å². The van der Waals surface area contributed by atoms with E-state index in [-0.39, 0.29) is 12.0 Å². The predicted octanol–water partition coefficient (Wildman–Crippen LogP) is 1.00. The molecule has 0 spiro atoms. The molecule has 0 fully saturated rings. The number of ether oxygens (including phenoxy) is 4. The van der Waals surface area contributed by atoms with Gasteiger partial charge in [0.15, 0.2) is 12.6 Å². The van der Waals surface area contributed by atoms with E-state index in [9.17, 15) is 9.59 Å². The molecule has 6 heteroatoms. The summed E-state index contributed by atoms with van der Waals surface area (Å²) in [5.41, 5.74) is 0.00204. The van der Waals surface area contributed by atoms with Crippen molar-refractivity contribution in [1.29, 1.82) is 0 Å². The van der Waals surface area contributed by atoms with Crippen LogP contribution in [0.25, 0.3) is 0 Å². The third-order valence-electron chi connectivity index (χ3n) is 1.88. The molecule has 0 amide bonds. The lowest BCUT2D eigenvalue weighted by Gasteiger charge is -2.13. The van der Waals surface area contributed by atoms with E-state index in [2.05, 4.69) is 6.58 Å². The number of esters is 2. The lowest BCUT2D eigenvalue weighted by atomic mass is 10.2. The number of hydrogen-bond acceptors (Lipinski definition) is 6. The number of carbonyl (C=O) groups excluding carboxylic acids is 2. The molecule has 0 rings (SSSR count). The zero-order chi connectivity index (χ0) is 13.4. The Labute approximate surface area is 100 Å². The zero-order valence-corrected chi connectivity index (χ0v) is 10.5. The normalized spacial score (nSPS) is 13.6. The average Bonchev–Trinajstić information content (AvgIpc) is 2.28. The summed E-state index contributed by atoms with van der Waals surface area (Å²) in [5, 5.41) is 0. The molecule has 0 aromatic carbocycles. The molecule has 6 nitrogen and oxygen atoms in total. The van der Waals surface area contributed by atoms with Gasteiger partial charge in [0.1, 0.15) is 0 Å². The van der Waals surface area contributed by atoms with Gasteiger partial charge >= 0.3 is 11.9 Å². The van der Waals surface area contributed by atoms with Crippen LogP contribution in [0.4, 0.5) is 0 Å². The van der Waals surface area contributed by atoms with Crippen LogP contribution in [-0.2, 0) is 28.5 Å². The van der Waals surface area contributed by atoms with Gasteiger partial charge in [0, 0.05) is 19.8 Å². The van der Waals surface area contributed by atoms with Crippen molar-refractivity contribution in [3.8, 4) is 0 Å². The van der Waals surface area contributed by atoms with Crippen LogP contribution in [0.15, 0.2) is 12.2 Å². The van der Waals surface area contributed by atoms with Gasteiger partial charge in [-0.15, -0.1) is 0 Å². The third-order valence-corrected chi connectivity index (χ3v) is 1.88. The minimum absolute atomic E-state index is 0.00204. The summed E-state index contributed by atoms with van der Waals surface area (Å²) >= 11 is 0. The number of hydrogen-bond donors (Lipinski definition) is 0. The molecule has 0 aromatic rings. The molecule has 0 radical (unpaired) electrons. The van der Waals surface area contributed by atoms with E-state index in [1.54, 1.807) is 13.8 Å². The Morgan fingerprint density at radius 1 is 1.06 bits per heavy atom. The van der Waals surface area contributed by atoms with Crippen molar-refractivity contribution in [1.82, 2.24) is 0 Å². The van der Waals surface area contributed by atoms with Crippen molar-refractivity contribution in [3.05, 3.63) is 12.2 Å². The quantitative estimate of drug-likeness (QED) is 0.379. The Hall–Kier alpha value is -1.40. The molecule has 0 aliphatic heterocycles. The topological polar surface area (TPSA) is 71.1 Å². The van der Waals surface area contributed by atoms with Crippen molar-refractivity contribution >= 4 is 11.9 Å². The van der Waals surface area contributed by atoms with Crippen LogP contribution >= 0.6 is 0 Å². The summed E-state index contributed by atoms with van der Waals surface area (Å²) in [6.07, 6.45) is -1.60. The van der Waals surface area contributed by atoms with E-state index in [4.69, 9.17) is 18.9 Å². The second-order valence-corrected chi connectivity index (χ2v) is 3.28. The molecule has 0 aliphatic rings. The molecule has 0 bridgehead atoms. The van der Waals surface area contributed by atoms with Crippen molar-refractivity contribution in [2.75, 3.05) is 14.2 Å². The molecular formula is C11H18O6. The lowest BCUT2D eigenvalue weighted by Crippen LogP contribution is -2.21. The first-order valence-corrected chi connectivity index (χ1v) is 5.04. The molecule has 0 N–H and O–H groups in total. The minimum atomic E-state index is -0.693. The molecule has 2 unspecified atom stereocenters. The van der Waals surface area contributed by atoms with Gasteiger partial charge in [-0.05, 0) is 13.8 Å². The Kier molecular flexibility index (Phi) is 7.16. The van der Waals surface area contributed by atoms with Gasteiger partial charge in [0.25, 0.3) is 0 Å².